The van der Waals surface area contributed by atoms with Crippen LogP contribution >= 0.6 is 0 Å². The predicted octanol–water partition coefficient (Wildman–Crippen LogP) is 4.31. The summed E-state index contributed by atoms with van der Waals surface area (Å²) in [4.78, 5) is 36.4. The van der Waals surface area contributed by atoms with Crippen molar-refractivity contribution in [2.24, 2.45) is 11.8 Å². The topological polar surface area (TPSA) is 105 Å². The van der Waals surface area contributed by atoms with Crippen molar-refractivity contribution in [1.82, 2.24) is 10.6 Å². The third-order valence-electron chi connectivity index (χ3n) is 6.60. The summed E-state index contributed by atoms with van der Waals surface area (Å²) in [6.45, 7) is 3.79. The SMILES string of the molecule is CC(C)(CC(=O)NCC(CC1CC1)C(=O)O)NC(=O)OCC1c2ccccc2-c2ccccc21. The fourth-order valence-electron chi connectivity index (χ4n) is 4.68. The summed E-state index contributed by atoms with van der Waals surface area (Å²) in [6, 6.07) is 16.3. The van der Waals surface area contributed by atoms with Crippen molar-refractivity contribution in [3.05, 3.63) is 59.7 Å². The molecule has 180 valence electrons. The first-order valence-electron chi connectivity index (χ1n) is 11.9. The molecule has 2 aliphatic rings. The Morgan fingerprint density at radius 3 is 2.18 bits per heavy atom. The minimum atomic E-state index is -0.886. The number of ether oxygens (including phenoxy) is 1. The van der Waals surface area contributed by atoms with E-state index in [1.165, 1.54) is 0 Å². The maximum Gasteiger partial charge on any atom is 0.407 e. The molecule has 1 saturated carbocycles. The number of carbonyl (C=O) groups excluding carboxylic acids is 2. The van der Waals surface area contributed by atoms with Gasteiger partial charge in [0, 0.05) is 24.4 Å². The number of benzene rings is 2. The first-order chi connectivity index (χ1) is 16.2. The Morgan fingerprint density at radius 2 is 1.62 bits per heavy atom. The summed E-state index contributed by atoms with van der Waals surface area (Å²) in [5.41, 5.74) is 3.74. The van der Waals surface area contributed by atoms with Crippen molar-refractivity contribution in [3.8, 4) is 11.1 Å². The zero-order valence-electron chi connectivity index (χ0n) is 19.7. The van der Waals surface area contributed by atoms with E-state index in [1.54, 1.807) is 13.8 Å². The predicted molar refractivity (Wildman–Crippen MR) is 128 cm³/mol. The van der Waals surface area contributed by atoms with Gasteiger partial charge in [-0.15, -0.1) is 0 Å². The van der Waals surface area contributed by atoms with Crippen LogP contribution in [0.15, 0.2) is 48.5 Å². The molecule has 7 nitrogen and oxygen atoms in total. The quantitative estimate of drug-likeness (QED) is 0.486. The van der Waals surface area contributed by atoms with Gasteiger partial charge in [0.2, 0.25) is 5.91 Å². The average Bonchev–Trinajstić information content (AvgIpc) is 3.55. The smallest absolute Gasteiger partial charge is 0.407 e. The van der Waals surface area contributed by atoms with Gasteiger partial charge < -0.3 is 20.5 Å². The van der Waals surface area contributed by atoms with Crippen LogP contribution in [0.5, 0.6) is 0 Å². The number of amides is 2. The molecule has 4 rings (SSSR count). The van der Waals surface area contributed by atoms with Gasteiger partial charge >= 0.3 is 12.1 Å². The number of hydrogen-bond donors (Lipinski definition) is 3. The molecule has 7 heteroatoms. The molecule has 0 saturated heterocycles. The Hall–Kier alpha value is -3.35. The number of nitrogens with one attached hydrogen (secondary N) is 2. The van der Waals surface area contributed by atoms with Crippen molar-refractivity contribution in [2.75, 3.05) is 13.2 Å². The monoisotopic (exact) mass is 464 g/mol. The van der Waals surface area contributed by atoms with Gasteiger partial charge in [0.1, 0.15) is 6.61 Å². The molecule has 1 fully saturated rings. The summed E-state index contributed by atoms with van der Waals surface area (Å²) in [5.74, 6) is -1.34. The van der Waals surface area contributed by atoms with E-state index in [-0.39, 0.29) is 31.4 Å². The highest BCUT2D eigenvalue weighted by molar-refractivity contribution is 5.80. The van der Waals surface area contributed by atoms with Crippen LogP contribution in [-0.4, -0.2) is 41.8 Å². The Labute approximate surface area is 199 Å². The fourth-order valence-corrected chi connectivity index (χ4v) is 4.68. The van der Waals surface area contributed by atoms with E-state index in [9.17, 15) is 19.5 Å². The van der Waals surface area contributed by atoms with Crippen LogP contribution in [0.2, 0.25) is 0 Å². The Kier molecular flexibility index (Phi) is 6.91. The zero-order valence-corrected chi connectivity index (χ0v) is 19.7. The maximum absolute atomic E-state index is 12.6. The van der Waals surface area contributed by atoms with Gasteiger partial charge in [-0.25, -0.2) is 4.79 Å². The third-order valence-corrected chi connectivity index (χ3v) is 6.60. The summed E-state index contributed by atoms with van der Waals surface area (Å²) >= 11 is 0. The van der Waals surface area contributed by atoms with Gasteiger partial charge in [-0.1, -0.05) is 61.4 Å². The van der Waals surface area contributed by atoms with Gasteiger partial charge in [0.05, 0.1) is 5.92 Å². The number of rotatable bonds is 10. The van der Waals surface area contributed by atoms with Gasteiger partial charge in [0.15, 0.2) is 0 Å². The molecule has 0 spiro atoms. The van der Waals surface area contributed by atoms with Crippen LogP contribution in [0.25, 0.3) is 11.1 Å². The van der Waals surface area contributed by atoms with E-state index in [1.807, 2.05) is 24.3 Å². The number of carboxylic acid groups (broad SMARTS) is 1. The minimum Gasteiger partial charge on any atom is -0.481 e. The maximum atomic E-state index is 12.6. The number of hydrogen-bond acceptors (Lipinski definition) is 4. The molecule has 0 aromatic heterocycles. The molecule has 1 unspecified atom stereocenters. The van der Waals surface area contributed by atoms with E-state index >= 15 is 0 Å². The van der Waals surface area contributed by atoms with E-state index in [0.29, 0.717) is 12.3 Å². The third kappa shape index (κ3) is 5.76. The molecule has 2 aromatic carbocycles. The summed E-state index contributed by atoms with van der Waals surface area (Å²) < 4.78 is 5.58. The number of carbonyl (C=O) groups is 3. The van der Waals surface area contributed by atoms with Crippen LogP contribution in [0, 0.1) is 11.8 Å². The second-order valence-corrected chi connectivity index (χ2v) is 10.0. The fraction of sp³-hybridized carbons (Fsp3) is 0.444. The standard InChI is InChI=1S/C27H32N2O5/c1-27(2,14-24(30)28-15-18(25(31)32)13-17-11-12-17)29-26(33)34-16-23-21-9-5-3-7-19(21)20-8-4-6-10-22(20)23/h3-10,17-18,23H,11-16H2,1-2H3,(H,28,30)(H,29,33)(H,31,32). The molecule has 3 N–H and O–H groups in total. The molecule has 2 aromatic rings. The van der Waals surface area contributed by atoms with Gasteiger partial charge in [-0.05, 0) is 48.4 Å². The van der Waals surface area contributed by atoms with Crippen LogP contribution in [0.1, 0.15) is 56.6 Å². The Bertz CT molecular complexity index is 1030. The minimum absolute atomic E-state index is 0.0208. The van der Waals surface area contributed by atoms with Crippen molar-refractivity contribution < 1.29 is 24.2 Å². The molecule has 0 radical (unpaired) electrons. The molecule has 1 atom stereocenters. The Balaban J connectivity index is 1.28. The lowest BCUT2D eigenvalue weighted by molar-refractivity contribution is -0.142. The second-order valence-electron chi connectivity index (χ2n) is 10.0. The van der Waals surface area contributed by atoms with Gasteiger partial charge in [0.25, 0.3) is 0 Å². The lowest BCUT2D eigenvalue weighted by atomic mass is 9.98. The average molecular weight is 465 g/mol. The molecule has 34 heavy (non-hydrogen) atoms. The first kappa shape index (κ1) is 23.8. The zero-order chi connectivity index (χ0) is 24.3. The van der Waals surface area contributed by atoms with E-state index in [4.69, 9.17) is 4.74 Å². The molecule has 0 bridgehead atoms. The highest BCUT2D eigenvalue weighted by Crippen LogP contribution is 2.44. The first-order valence-corrected chi connectivity index (χ1v) is 11.9. The molecule has 2 amide bonds. The number of carboxylic acids is 1. The normalized spacial score (nSPS) is 15.7. The van der Waals surface area contributed by atoms with Gasteiger partial charge in [-0.2, -0.15) is 0 Å². The lowest BCUT2D eigenvalue weighted by Crippen LogP contribution is -2.47. The molecule has 2 aliphatic carbocycles. The summed E-state index contributed by atoms with van der Waals surface area (Å²) in [7, 11) is 0. The number of alkyl carbamates (subject to hydrolysis) is 1. The van der Waals surface area contributed by atoms with Crippen LogP contribution < -0.4 is 10.6 Å². The second kappa shape index (κ2) is 9.87. The van der Waals surface area contributed by atoms with Crippen molar-refractivity contribution in [1.29, 1.82) is 0 Å². The molecular weight excluding hydrogens is 432 g/mol. The van der Waals surface area contributed by atoms with E-state index in [2.05, 4.69) is 34.9 Å². The number of fused-ring (bicyclic) bond motifs is 3. The van der Waals surface area contributed by atoms with Crippen molar-refractivity contribution in [2.45, 2.75) is 51.0 Å². The van der Waals surface area contributed by atoms with Crippen LogP contribution in [0.3, 0.4) is 0 Å². The van der Waals surface area contributed by atoms with E-state index < -0.39 is 23.5 Å². The molecular formula is C27H32N2O5. The van der Waals surface area contributed by atoms with Crippen molar-refractivity contribution >= 4 is 18.0 Å². The lowest BCUT2D eigenvalue weighted by Gasteiger charge is -2.26. The highest BCUT2D eigenvalue weighted by Gasteiger charge is 2.32. The summed E-state index contributed by atoms with van der Waals surface area (Å²) in [6.07, 6.45) is 2.16. The highest BCUT2D eigenvalue weighted by atomic mass is 16.5. The largest absolute Gasteiger partial charge is 0.481 e. The molecule has 0 aliphatic heterocycles. The van der Waals surface area contributed by atoms with E-state index in [0.717, 1.165) is 35.1 Å². The summed E-state index contributed by atoms with van der Waals surface area (Å²) in [5, 5.41) is 14.8. The van der Waals surface area contributed by atoms with Gasteiger partial charge in [-0.3, -0.25) is 9.59 Å². The van der Waals surface area contributed by atoms with Crippen molar-refractivity contribution in [3.63, 3.8) is 0 Å². The Morgan fingerprint density at radius 1 is 1.03 bits per heavy atom. The van der Waals surface area contributed by atoms with Crippen LogP contribution in [-0.2, 0) is 14.3 Å². The number of aliphatic carboxylic acids is 1. The van der Waals surface area contributed by atoms with Crippen LogP contribution in [0.4, 0.5) is 4.79 Å². The molecule has 0 heterocycles.